The van der Waals surface area contributed by atoms with Crippen molar-refractivity contribution in [2.24, 2.45) is 0 Å². The second-order valence-corrected chi connectivity index (χ2v) is 8.09. The minimum absolute atomic E-state index is 0.250. The SMILES string of the molecule is CCOc1ccc(N2C(=O)NC(=O)C(=Cc3cc(Br)c(OCC(=O)O)c(Br)c3)C2=O)cc1. The summed E-state index contributed by atoms with van der Waals surface area (Å²) in [5.74, 6) is -1.94. The summed E-state index contributed by atoms with van der Waals surface area (Å²) in [6.45, 7) is 1.76. The lowest BCUT2D eigenvalue weighted by Crippen LogP contribution is -2.54. The van der Waals surface area contributed by atoms with Gasteiger partial charge in [0.05, 0.1) is 21.2 Å². The Bertz CT molecular complexity index is 1110. The number of aliphatic carboxylic acids is 1. The normalized spacial score (nSPS) is 15.0. The molecular weight excluding hydrogens is 552 g/mol. The Morgan fingerprint density at radius 3 is 2.28 bits per heavy atom. The molecule has 1 saturated heterocycles. The summed E-state index contributed by atoms with van der Waals surface area (Å²) in [6.07, 6.45) is 1.32. The maximum absolute atomic E-state index is 13.0. The number of halogens is 2. The maximum atomic E-state index is 13.0. The summed E-state index contributed by atoms with van der Waals surface area (Å²) >= 11 is 6.56. The Balaban J connectivity index is 1.93. The van der Waals surface area contributed by atoms with E-state index in [1.807, 2.05) is 6.92 Å². The van der Waals surface area contributed by atoms with E-state index in [0.717, 1.165) is 4.90 Å². The number of nitrogens with zero attached hydrogens (tertiary/aromatic N) is 1. The van der Waals surface area contributed by atoms with Crippen molar-refractivity contribution in [2.45, 2.75) is 6.92 Å². The van der Waals surface area contributed by atoms with E-state index in [4.69, 9.17) is 14.6 Å². The van der Waals surface area contributed by atoms with Gasteiger partial charge in [0.25, 0.3) is 11.8 Å². The molecule has 1 heterocycles. The van der Waals surface area contributed by atoms with Crippen LogP contribution in [0.1, 0.15) is 12.5 Å². The Hall–Kier alpha value is -3.18. The van der Waals surface area contributed by atoms with Gasteiger partial charge in [-0.15, -0.1) is 0 Å². The van der Waals surface area contributed by atoms with Gasteiger partial charge in [-0.1, -0.05) is 0 Å². The van der Waals surface area contributed by atoms with Crippen LogP contribution < -0.4 is 19.7 Å². The second kappa shape index (κ2) is 9.96. The molecule has 4 amide bonds. The van der Waals surface area contributed by atoms with E-state index in [-0.39, 0.29) is 17.0 Å². The molecular formula is C21H16Br2N2O7. The van der Waals surface area contributed by atoms with Crippen LogP contribution >= 0.6 is 31.9 Å². The van der Waals surface area contributed by atoms with Gasteiger partial charge in [-0.2, -0.15) is 0 Å². The van der Waals surface area contributed by atoms with Crippen LogP contribution in [-0.2, 0) is 14.4 Å². The zero-order valence-corrected chi connectivity index (χ0v) is 19.7. The molecule has 0 aliphatic carbocycles. The monoisotopic (exact) mass is 566 g/mol. The first-order valence-corrected chi connectivity index (χ1v) is 10.8. The van der Waals surface area contributed by atoms with Gasteiger partial charge < -0.3 is 14.6 Å². The van der Waals surface area contributed by atoms with E-state index in [0.29, 0.717) is 26.9 Å². The van der Waals surface area contributed by atoms with E-state index in [9.17, 15) is 19.2 Å². The van der Waals surface area contributed by atoms with Crippen molar-refractivity contribution in [3.8, 4) is 11.5 Å². The average Bonchev–Trinajstić information content (AvgIpc) is 2.71. The Morgan fingerprint density at radius 2 is 1.72 bits per heavy atom. The van der Waals surface area contributed by atoms with Crippen molar-refractivity contribution in [3.05, 3.63) is 56.5 Å². The van der Waals surface area contributed by atoms with Crippen LogP contribution in [0.2, 0.25) is 0 Å². The van der Waals surface area contributed by atoms with Gasteiger partial charge in [-0.05, 0) is 86.8 Å². The van der Waals surface area contributed by atoms with Gasteiger partial charge >= 0.3 is 12.0 Å². The number of nitrogens with one attached hydrogen (secondary N) is 1. The van der Waals surface area contributed by atoms with Gasteiger partial charge in [0, 0.05) is 0 Å². The molecule has 0 radical (unpaired) electrons. The first-order valence-electron chi connectivity index (χ1n) is 9.19. The van der Waals surface area contributed by atoms with Gasteiger partial charge in [-0.3, -0.25) is 14.9 Å². The topological polar surface area (TPSA) is 122 Å². The van der Waals surface area contributed by atoms with Crippen LogP contribution in [0.25, 0.3) is 6.08 Å². The number of carboxylic acids is 1. The van der Waals surface area contributed by atoms with Crippen LogP contribution in [0.5, 0.6) is 11.5 Å². The van der Waals surface area contributed by atoms with Crippen LogP contribution in [0.15, 0.2) is 50.9 Å². The number of hydrogen-bond donors (Lipinski definition) is 2. The number of benzene rings is 2. The second-order valence-electron chi connectivity index (χ2n) is 6.38. The van der Waals surface area contributed by atoms with Crippen molar-refractivity contribution in [1.29, 1.82) is 0 Å². The maximum Gasteiger partial charge on any atom is 0.341 e. The molecule has 0 spiro atoms. The lowest BCUT2D eigenvalue weighted by molar-refractivity contribution is -0.139. The van der Waals surface area contributed by atoms with E-state index >= 15 is 0 Å². The molecule has 0 bridgehead atoms. The lowest BCUT2D eigenvalue weighted by Gasteiger charge is -2.26. The number of amides is 4. The zero-order chi connectivity index (χ0) is 23.4. The number of carboxylic acid groups (broad SMARTS) is 1. The summed E-state index contributed by atoms with van der Waals surface area (Å²) in [5.41, 5.74) is 0.455. The number of anilines is 1. The molecule has 11 heteroatoms. The van der Waals surface area contributed by atoms with Gasteiger partial charge in [0.1, 0.15) is 17.1 Å². The molecule has 1 aliphatic heterocycles. The number of hydrogen-bond acceptors (Lipinski definition) is 6. The minimum atomic E-state index is -1.14. The molecule has 2 aromatic rings. The van der Waals surface area contributed by atoms with Crippen molar-refractivity contribution in [3.63, 3.8) is 0 Å². The average molecular weight is 568 g/mol. The molecule has 166 valence electrons. The Labute approximate surface area is 199 Å². The number of urea groups is 1. The minimum Gasteiger partial charge on any atom is -0.494 e. The fourth-order valence-electron chi connectivity index (χ4n) is 2.85. The summed E-state index contributed by atoms with van der Waals surface area (Å²) < 4.78 is 11.4. The highest BCUT2D eigenvalue weighted by Gasteiger charge is 2.36. The third-order valence-corrected chi connectivity index (χ3v) is 5.36. The quantitative estimate of drug-likeness (QED) is 0.386. The van der Waals surface area contributed by atoms with Gasteiger partial charge in [-0.25, -0.2) is 14.5 Å². The largest absolute Gasteiger partial charge is 0.494 e. The third-order valence-electron chi connectivity index (χ3n) is 4.18. The Kier molecular flexibility index (Phi) is 7.31. The zero-order valence-electron chi connectivity index (χ0n) is 16.6. The summed E-state index contributed by atoms with van der Waals surface area (Å²) in [7, 11) is 0. The number of barbiturate groups is 1. The molecule has 0 aromatic heterocycles. The van der Waals surface area contributed by atoms with Crippen LogP contribution in [-0.4, -0.2) is 42.1 Å². The van der Waals surface area contributed by atoms with Crippen LogP contribution in [0.4, 0.5) is 10.5 Å². The predicted octanol–water partition coefficient (Wildman–Crippen LogP) is 3.74. The molecule has 9 nitrogen and oxygen atoms in total. The fraction of sp³-hybridized carbons (Fsp3) is 0.143. The van der Waals surface area contributed by atoms with Gasteiger partial charge in [0.15, 0.2) is 6.61 Å². The summed E-state index contributed by atoms with van der Waals surface area (Å²) in [4.78, 5) is 49.3. The van der Waals surface area contributed by atoms with E-state index in [1.165, 1.54) is 18.2 Å². The molecule has 2 N–H and O–H groups in total. The molecule has 0 saturated carbocycles. The lowest BCUT2D eigenvalue weighted by atomic mass is 10.1. The fourth-order valence-corrected chi connectivity index (χ4v) is 4.30. The van der Waals surface area contributed by atoms with E-state index < -0.39 is 30.4 Å². The van der Waals surface area contributed by atoms with E-state index in [2.05, 4.69) is 37.2 Å². The Morgan fingerprint density at radius 1 is 1.09 bits per heavy atom. The van der Waals surface area contributed by atoms with E-state index in [1.54, 1.807) is 24.3 Å². The smallest absolute Gasteiger partial charge is 0.341 e. The molecule has 1 fully saturated rings. The van der Waals surface area contributed by atoms with Crippen LogP contribution in [0, 0.1) is 0 Å². The molecule has 2 aromatic carbocycles. The van der Waals surface area contributed by atoms with Crippen molar-refractivity contribution < 1.29 is 33.8 Å². The molecule has 32 heavy (non-hydrogen) atoms. The highest BCUT2D eigenvalue weighted by atomic mass is 79.9. The summed E-state index contributed by atoms with van der Waals surface area (Å²) in [6, 6.07) is 8.54. The van der Waals surface area contributed by atoms with Crippen molar-refractivity contribution in [1.82, 2.24) is 5.32 Å². The van der Waals surface area contributed by atoms with Crippen molar-refractivity contribution in [2.75, 3.05) is 18.1 Å². The number of imide groups is 2. The molecule has 0 unspecified atom stereocenters. The molecule has 3 rings (SSSR count). The number of ether oxygens (including phenoxy) is 2. The molecule has 1 aliphatic rings. The highest BCUT2D eigenvalue weighted by molar-refractivity contribution is 9.11. The first-order chi connectivity index (χ1) is 15.2. The third kappa shape index (κ3) is 5.17. The number of carbonyl (C=O) groups excluding carboxylic acids is 3. The first kappa shape index (κ1) is 23.5. The summed E-state index contributed by atoms with van der Waals surface area (Å²) in [5, 5.41) is 10.9. The number of carbonyl (C=O) groups is 4. The van der Waals surface area contributed by atoms with Crippen LogP contribution in [0.3, 0.4) is 0 Å². The predicted molar refractivity (Wildman–Crippen MR) is 122 cm³/mol. The standard InChI is InChI=1S/C21H16Br2N2O7/c1-2-31-13-5-3-12(4-6-13)25-20(29)14(19(28)24-21(25)30)7-11-8-15(22)18(16(23)9-11)32-10-17(26)27/h3-9H,2,10H2,1H3,(H,26,27)(H,24,28,30). The molecule has 0 atom stereocenters. The number of rotatable bonds is 7. The van der Waals surface area contributed by atoms with Gasteiger partial charge in [0.2, 0.25) is 0 Å². The van der Waals surface area contributed by atoms with Crippen molar-refractivity contribution >= 4 is 67.4 Å². The highest BCUT2D eigenvalue weighted by Crippen LogP contribution is 2.35.